The van der Waals surface area contributed by atoms with Gasteiger partial charge in [0.2, 0.25) is 0 Å². The topological polar surface area (TPSA) is 38.4 Å². The second-order valence-electron chi connectivity index (χ2n) is 2.91. The molecule has 0 aliphatic carbocycles. The van der Waals surface area contributed by atoms with Gasteiger partial charge < -0.3 is 5.84 Å². The predicted octanol–water partition coefficient (Wildman–Crippen LogP) is 2.65. The molecule has 0 aliphatic rings. The largest absolute Gasteiger partial charge is 0.323 e. The predicted molar refractivity (Wildman–Crippen MR) is 65.6 cm³/mol. The molecule has 2 nitrogen and oxygen atoms in total. The van der Waals surface area contributed by atoms with Crippen molar-refractivity contribution in [2.45, 2.75) is 0 Å². The first-order valence-electron chi connectivity index (χ1n) is 4.62. The lowest BCUT2D eigenvalue weighted by atomic mass is 10.0. The fourth-order valence-corrected chi connectivity index (χ4v) is 1.28. The Morgan fingerprint density at radius 2 is 1.87 bits per heavy atom. The number of benzene rings is 1. The highest BCUT2D eigenvalue weighted by atomic mass is 15.1. The Balaban J connectivity index is 3.16. The van der Waals surface area contributed by atoms with E-state index in [4.69, 9.17) is 5.84 Å². The average Bonchev–Trinajstić information content (AvgIpc) is 2.30. The van der Waals surface area contributed by atoms with Gasteiger partial charge in [0.05, 0.1) is 5.71 Å². The molecule has 0 saturated heterocycles. The second kappa shape index (κ2) is 5.60. The van der Waals surface area contributed by atoms with E-state index in [-0.39, 0.29) is 0 Å². The first-order chi connectivity index (χ1) is 7.33. The average molecular weight is 198 g/mol. The first kappa shape index (κ1) is 11.0. The molecule has 2 heteroatoms. The van der Waals surface area contributed by atoms with Gasteiger partial charge >= 0.3 is 0 Å². The normalized spacial score (nSPS) is 12.3. The van der Waals surface area contributed by atoms with E-state index in [1.807, 2.05) is 36.4 Å². The highest BCUT2D eigenvalue weighted by Crippen LogP contribution is 2.10. The molecule has 0 saturated carbocycles. The molecule has 0 unspecified atom stereocenters. The summed E-state index contributed by atoms with van der Waals surface area (Å²) in [6, 6.07) is 9.73. The number of hydrogen-bond acceptors (Lipinski definition) is 2. The molecule has 1 aromatic carbocycles. The van der Waals surface area contributed by atoms with Gasteiger partial charge in [0.15, 0.2) is 0 Å². The molecule has 0 atom stereocenters. The molecule has 0 heterocycles. The second-order valence-corrected chi connectivity index (χ2v) is 2.91. The van der Waals surface area contributed by atoms with Crippen molar-refractivity contribution in [3.8, 4) is 0 Å². The molecule has 0 radical (unpaired) electrons. The zero-order valence-corrected chi connectivity index (χ0v) is 8.56. The third-order valence-electron chi connectivity index (χ3n) is 1.97. The number of nitrogens with zero attached hydrogens (tertiary/aromatic N) is 1. The van der Waals surface area contributed by atoms with E-state index < -0.39 is 0 Å². The van der Waals surface area contributed by atoms with Crippen LogP contribution < -0.4 is 5.84 Å². The standard InChI is InChI=1S/C13H14N2/c1-3-8-11(4-2)13(15-14)12-9-6-5-7-10-12/h3-10H,1-2,14H2/b11-8+,15-13-. The third kappa shape index (κ3) is 2.68. The van der Waals surface area contributed by atoms with Crippen LogP contribution in [0.5, 0.6) is 0 Å². The van der Waals surface area contributed by atoms with Crippen LogP contribution in [-0.2, 0) is 0 Å². The summed E-state index contributed by atoms with van der Waals surface area (Å²) in [7, 11) is 0. The number of nitrogens with two attached hydrogens (primary N) is 1. The van der Waals surface area contributed by atoms with Crippen molar-refractivity contribution in [2.24, 2.45) is 10.9 Å². The van der Waals surface area contributed by atoms with Crippen molar-refractivity contribution in [3.05, 3.63) is 72.9 Å². The molecule has 2 N–H and O–H groups in total. The van der Waals surface area contributed by atoms with E-state index in [2.05, 4.69) is 18.3 Å². The zero-order valence-electron chi connectivity index (χ0n) is 8.56. The van der Waals surface area contributed by atoms with Gasteiger partial charge in [-0.2, -0.15) is 5.10 Å². The minimum atomic E-state index is 0.713. The van der Waals surface area contributed by atoms with Gasteiger partial charge in [-0.1, -0.05) is 61.7 Å². The Hall–Kier alpha value is -2.09. The molecule has 0 aliphatic heterocycles. The molecule has 0 amide bonds. The summed E-state index contributed by atoms with van der Waals surface area (Å²) < 4.78 is 0. The molecular formula is C13H14N2. The summed E-state index contributed by atoms with van der Waals surface area (Å²) in [6.07, 6.45) is 5.22. The summed E-state index contributed by atoms with van der Waals surface area (Å²) in [5.74, 6) is 5.38. The highest BCUT2D eigenvalue weighted by molar-refractivity contribution is 6.14. The SMILES string of the molecule is C=C/C=C(C=C)/C(=N/N)c1ccccc1. The van der Waals surface area contributed by atoms with Crippen LogP contribution in [0.1, 0.15) is 5.56 Å². The number of rotatable bonds is 4. The number of allylic oxidation sites excluding steroid dienone is 4. The smallest absolute Gasteiger partial charge is 0.0971 e. The Labute approximate surface area is 90.1 Å². The van der Waals surface area contributed by atoms with Crippen LogP contribution in [0, 0.1) is 0 Å². The Morgan fingerprint density at radius 1 is 1.20 bits per heavy atom. The first-order valence-corrected chi connectivity index (χ1v) is 4.62. The highest BCUT2D eigenvalue weighted by Gasteiger charge is 2.05. The van der Waals surface area contributed by atoms with Crippen LogP contribution in [0.4, 0.5) is 0 Å². The molecule has 0 spiro atoms. The van der Waals surface area contributed by atoms with E-state index in [0.717, 1.165) is 11.1 Å². The summed E-state index contributed by atoms with van der Waals surface area (Å²) in [5, 5.41) is 3.78. The monoisotopic (exact) mass is 198 g/mol. The van der Waals surface area contributed by atoms with Gasteiger partial charge in [0.25, 0.3) is 0 Å². The summed E-state index contributed by atoms with van der Waals surface area (Å²) in [5.41, 5.74) is 2.54. The van der Waals surface area contributed by atoms with Gasteiger partial charge in [0, 0.05) is 11.1 Å². The van der Waals surface area contributed by atoms with E-state index in [1.54, 1.807) is 12.2 Å². The lowest BCUT2D eigenvalue weighted by molar-refractivity contribution is 1.24. The van der Waals surface area contributed by atoms with Gasteiger partial charge in [-0.15, -0.1) is 0 Å². The lowest BCUT2D eigenvalue weighted by Crippen LogP contribution is -2.06. The van der Waals surface area contributed by atoms with E-state index in [0.29, 0.717) is 5.71 Å². The van der Waals surface area contributed by atoms with Crippen molar-refractivity contribution in [2.75, 3.05) is 0 Å². The number of hydrazone groups is 1. The van der Waals surface area contributed by atoms with Crippen LogP contribution in [-0.4, -0.2) is 5.71 Å². The third-order valence-corrected chi connectivity index (χ3v) is 1.97. The van der Waals surface area contributed by atoms with E-state index in [9.17, 15) is 0 Å². The fourth-order valence-electron chi connectivity index (χ4n) is 1.28. The molecule has 0 bridgehead atoms. The number of hydrogen-bond donors (Lipinski definition) is 1. The van der Waals surface area contributed by atoms with Gasteiger partial charge in [-0.3, -0.25) is 0 Å². The van der Waals surface area contributed by atoms with Crippen LogP contribution in [0.3, 0.4) is 0 Å². The van der Waals surface area contributed by atoms with Crippen molar-refractivity contribution in [1.82, 2.24) is 0 Å². The quantitative estimate of drug-likeness (QED) is 0.343. The molecule has 1 aromatic rings. The zero-order chi connectivity index (χ0) is 11.1. The summed E-state index contributed by atoms with van der Waals surface area (Å²) >= 11 is 0. The maximum Gasteiger partial charge on any atom is 0.0971 e. The van der Waals surface area contributed by atoms with E-state index in [1.165, 1.54) is 0 Å². The Bertz CT molecular complexity index is 400. The maximum absolute atomic E-state index is 5.38. The molecular weight excluding hydrogens is 184 g/mol. The van der Waals surface area contributed by atoms with Crippen LogP contribution >= 0.6 is 0 Å². The molecule has 15 heavy (non-hydrogen) atoms. The lowest BCUT2D eigenvalue weighted by Gasteiger charge is -2.05. The van der Waals surface area contributed by atoms with Gasteiger partial charge in [-0.25, -0.2) is 0 Å². The van der Waals surface area contributed by atoms with Gasteiger partial charge in [-0.05, 0) is 0 Å². The van der Waals surface area contributed by atoms with Crippen molar-refractivity contribution in [3.63, 3.8) is 0 Å². The molecule has 0 aromatic heterocycles. The van der Waals surface area contributed by atoms with E-state index >= 15 is 0 Å². The minimum absolute atomic E-state index is 0.713. The summed E-state index contributed by atoms with van der Waals surface area (Å²) in [6.45, 7) is 7.36. The Morgan fingerprint density at radius 3 is 2.33 bits per heavy atom. The van der Waals surface area contributed by atoms with Gasteiger partial charge in [0.1, 0.15) is 0 Å². The summed E-state index contributed by atoms with van der Waals surface area (Å²) in [4.78, 5) is 0. The molecule has 0 fully saturated rings. The fraction of sp³-hybridized carbons (Fsp3) is 0. The maximum atomic E-state index is 5.38. The van der Waals surface area contributed by atoms with Crippen LogP contribution in [0.2, 0.25) is 0 Å². The molecule has 76 valence electrons. The van der Waals surface area contributed by atoms with Crippen LogP contribution in [0.25, 0.3) is 0 Å². The van der Waals surface area contributed by atoms with Crippen molar-refractivity contribution in [1.29, 1.82) is 0 Å². The van der Waals surface area contributed by atoms with Crippen LogP contribution in [0.15, 0.2) is 72.4 Å². The molecule has 1 rings (SSSR count). The Kier molecular flexibility index (Phi) is 4.10. The van der Waals surface area contributed by atoms with Crippen molar-refractivity contribution >= 4 is 5.71 Å². The minimum Gasteiger partial charge on any atom is -0.323 e. The van der Waals surface area contributed by atoms with Crippen molar-refractivity contribution < 1.29 is 0 Å².